The number of rotatable bonds is 8. The minimum absolute atomic E-state index is 0.00775. The van der Waals surface area contributed by atoms with Crippen LogP contribution in [0.3, 0.4) is 0 Å². The molecule has 3 aliphatic rings. The molecule has 2 aliphatic heterocycles. The first-order chi connectivity index (χ1) is 16.4. The Morgan fingerprint density at radius 1 is 1.35 bits per heavy atom. The number of fused-ring (bicyclic) bond motifs is 1. The Bertz CT molecular complexity index is 1130. The van der Waals surface area contributed by atoms with Gasteiger partial charge in [0.2, 0.25) is 11.8 Å². The molecule has 34 heavy (non-hydrogen) atoms. The number of likely N-dealkylation sites (tertiary alicyclic amines) is 1. The minimum Gasteiger partial charge on any atom is -0.348 e. The first-order valence-electron chi connectivity index (χ1n) is 11.9. The number of aromatic nitrogens is 3. The molecule has 1 unspecified atom stereocenters. The van der Waals surface area contributed by atoms with Crippen molar-refractivity contribution in [3.05, 3.63) is 45.7 Å². The van der Waals surface area contributed by atoms with Gasteiger partial charge in [0.1, 0.15) is 0 Å². The Morgan fingerprint density at radius 3 is 2.88 bits per heavy atom. The highest BCUT2D eigenvalue weighted by Crippen LogP contribution is 2.28. The van der Waals surface area contributed by atoms with Crippen LogP contribution in [0.25, 0.3) is 0 Å². The summed E-state index contributed by atoms with van der Waals surface area (Å²) in [6, 6.07) is 0.231. The van der Waals surface area contributed by atoms with Crippen LogP contribution in [0.1, 0.15) is 51.6 Å². The van der Waals surface area contributed by atoms with E-state index in [-0.39, 0.29) is 36.1 Å². The topological polar surface area (TPSA) is 100 Å². The highest BCUT2D eigenvalue weighted by molar-refractivity contribution is 7.09. The van der Waals surface area contributed by atoms with E-state index in [0.29, 0.717) is 44.8 Å². The fourth-order valence-corrected chi connectivity index (χ4v) is 5.60. The van der Waals surface area contributed by atoms with Gasteiger partial charge < -0.3 is 15.1 Å². The molecular weight excluding hydrogens is 452 g/mol. The van der Waals surface area contributed by atoms with E-state index in [9.17, 15) is 14.4 Å². The zero-order valence-electron chi connectivity index (χ0n) is 19.5. The van der Waals surface area contributed by atoms with Gasteiger partial charge in [0.15, 0.2) is 5.69 Å². The maximum atomic E-state index is 13.3. The predicted octanol–water partition coefficient (Wildman–Crippen LogP) is 1.70. The van der Waals surface area contributed by atoms with Crippen LogP contribution in [-0.4, -0.2) is 68.0 Å². The van der Waals surface area contributed by atoms with Crippen molar-refractivity contribution in [2.24, 2.45) is 5.92 Å². The van der Waals surface area contributed by atoms with Gasteiger partial charge >= 0.3 is 0 Å². The number of carbonyl (C=O) groups excluding carboxylic acids is 3. The van der Waals surface area contributed by atoms with E-state index in [1.807, 2.05) is 17.1 Å². The van der Waals surface area contributed by atoms with Crippen LogP contribution in [-0.2, 0) is 35.5 Å². The summed E-state index contributed by atoms with van der Waals surface area (Å²) in [5.41, 5.74) is 5.18. The van der Waals surface area contributed by atoms with Crippen LogP contribution >= 0.6 is 11.3 Å². The SMILES string of the molecule is C=CCN1CC(C(=O)N2CCc3c(c(C(=O)NC4CC4)nn3CCc3scnc3C)C2)CC1=O. The highest BCUT2D eigenvalue weighted by atomic mass is 32.1. The van der Waals surface area contributed by atoms with Gasteiger partial charge in [-0.05, 0) is 19.8 Å². The average Bonchev–Trinajstić information content (AvgIpc) is 3.25. The number of nitrogens with zero attached hydrogens (tertiary/aromatic N) is 5. The summed E-state index contributed by atoms with van der Waals surface area (Å²) in [6.07, 6.45) is 5.37. The molecule has 1 atom stereocenters. The lowest BCUT2D eigenvalue weighted by molar-refractivity contribution is -0.136. The molecule has 9 nitrogen and oxygen atoms in total. The van der Waals surface area contributed by atoms with Crippen LogP contribution in [0.15, 0.2) is 18.2 Å². The van der Waals surface area contributed by atoms with E-state index in [1.54, 1.807) is 27.2 Å². The second-order valence-electron chi connectivity index (χ2n) is 9.35. The van der Waals surface area contributed by atoms with Crippen molar-refractivity contribution >= 4 is 29.1 Å². The van der Waals surface area contributed by atoms with Crippen molar-refractivity contribution in [2.75, 3.05) is 19.6 Å². The van der Waals surface area contributed by atoms with Crippen LogP contribution in [0.5, 0.6) is 0 Å². The molecule has 2 aromatic rings. The van der Waals surface area contributed by atoms with Gasteiger partial charge in [-0.1, -0.05) is 6.08 Å². The molecule has 0 aromatic carbocycles. The molecule has 0 radical (unpaired) electrons. The second-order valence-corrected chi connectivity index (χ2v) is 10.3. The largest absolute Gasteiger partial charge is 0.348 e. The lowest BCUT2D eigenvalue weighted by atomic mass is 10.0. The van der Waals surface area contributed by atoms with Gasteiger partial charge in [0, 0.05) is 74.2 Å². The van der Waals surface area contributed by atoms with Crippen molar-refractivity contribution in [1.29, 1.82) is 0 Å². The number of hydrogen-bond donors (Lipinski definition) is 1. The number of hydrogen-bond acceptors (Lipinski definition) is 6. The van der Waals surface area contributed by atoms with Gasteiger partial charge in [0.25, 0.3) is 5.91 Å². The monoisotopic (exact) mass is 482 g/mol. The van der Waals surface area contributed by atoms with Crippen molar-refractivity contribution in [1.82, 2.24) is 29.9 Å². The smallest absolute Gasteiger partial charge is 0.272 e. The molecule has 4 heterocycles. The second kappa shape index (κ2) is 9.32. The fraction of sp³-hybridized carbons (Fsp3) is 0.542. The molecule has 1 saturated heterocycles. The first-order valence-corrected chi connectivity index (χ1v) is 12.8. The Morgan fingerprint density at radius 2 is 2.18 bits per heavy atom. The molecular formula is C24H30N6O3S. The number of thiazole rings is 1. The number of amides is 3. The number of carbonyl (C=O) groups is 3. The van der Waals surface area contributed by atoms with Crippen LogP contribution < -0.4 is 5.32 Å². The summed E-state index contributed by atoms with van der Waals surface area (Å²) in [5.74, 6) is -0.533. The quantitative estimate of drug-likeness (QED) is 0.578. The number of aryl methyl sites for hydroxylation is 3. The van der Waals surface area contributed by atoms with Gasteiger partial charge in [-0.3, -0.25) is 19.1 Å². The van der Waals surface area contributed by atoms with Crippen LogP contribution in [0.2, 0.25) is 0 Å². The molecule has 180 valence electrons. The standard InChI is InChI=1S/C24H30N6O3S/c1-3-8-28-12-16(11-21(28)31)24(33)29-9-6-19-18(13-29)22(23(32)26-17-4-5-17)27-30(19)10-7-20-15(2)25-14-34-20/h3,14,16-17H,1,4-13H2,2H3,(H,26,32). The Labute approximate surface area is 202 Å². The van der Waals surface area contributed by atoms with E-state index < -0.39 is 0 Å². The third-order valence-corrected chi connectivity index (χ3v) is 7.88. The average molecular weight is 483 g/mol. The summed E-state index contributed by atoms with van der Waals surface area (Å²) in [5, 5.41) is 7.77. The molecule has 1 saturated carbocycles. The predicted molar refractivity (Wildman–Crippen MR) is 127 cm³/mol. The highest BCUT2D eigenvalue weighted by Gasteiger charge is 2.38. The first kappa shape index (κ1) is 22.8. The Kier molecular flexibility index (Phi) is 6.24. The molecule has 0 spiro atoms. The summed E-state index contributed by atoms with van der Waals surface area (Å²) in [6.45, 7) is 8.18. The van der Waals surface area contributed by atoms with Crippen molar-refractivity contribution in [2.45, 2.75) is 58.2 Å². The summed E-state index contributed by atoms with van der Waals surface area (Å²) in [7, 11) is 0. The molecule has 3 amide bonds. The normalized spacial score (nSPS) is 19.9. The van der Waals surface area contributed by atoms with E-state index in [4.69, 9.17) is 5.10 Å². The molecule has 1 N–H and O–H groups in total. The van der Waals surface area contributed by atoms with E-state index >= 15 is 0 Å². The maximum Gasteiger partial charge on any atom is 0.272 e. The molecule has 1 aliphatic carbocycles. The van der Waals surface area contributed by atoms with Crippen molar-refractivity contribution in [3.63, 3.8) is 0 Å². The third kappa shape index (κ3) is 4.51. The van der Waals surface area contributed by atoms with E-state index in [1.165, 1.54) is 4.88 Å². The van der Waals surface area contributed by atoms with E-state index in [0.717, 1.165) is 36.2 Å². The van der Waals surface area contributed by atoms with Gasteiger partial charge in [-0.15, -0.1) is 17.9 Å². The maximum absolute atomic E-state index is 13.3. The molecule has 2 aromatic heterocycles. The van der Waals surface area contributed by atoms with Crippen molar-refractivity contribution in [3.8, 4) is 0 Å². The molecule has 2 fully saturated rings. The zero-order chi connectivity index (χ0) is 23.8. The van der Waals surface area contributed by atoms with Gasteiger partial charge in [-0.2, -0.15) is 5.10 Å². The Balaban J connectivity index is 1.35. The number of nitrogens with one attached hydrogen (secondary N) is 1. The third-order valence-electron chi connectivity index (χ3n) is 6.88. The van der Waals surface area contributed by atoms with Crippen molar-refractivity contribution < 1.29 is 14.4 Å². The van der Waals surface area contributed by atoms with Gasteiger partial charge in [0.05, 0.1) is 17.1 Å². The fourth-order valence-electron chi connectivity index (χ4n) is 4.83. The summed E-state index contributed by atoms with van der Waals surface area (Å²) in [4.78, 5) is 47.6. The van der Waals surface area contributed by atoms with Crippen LogP contribution in [0, 0.1) is 12.8 Å². The molecule has 5 rings (SSSR count). The van der Waals surface area contributed by atoms with Gasteiger partial charge in [-0.25, -0.2) is 4.98 Å². The zero-order valence-corrected chi connectivity index (χ0v) is 20.3. The lowest BCUT2D eigenvalue weighted by Crippen LogP contribution is -2.41. The van der Waals surface area contributed by atoms with E-state index in [2.05, 4.69) is 16.9 Å². The molecule has 10 heteroatoms. The minimum atomic E-state index is -0.345. The lowest BCUT2D eigenvalue weighted by Gasteiger charge is -2.30. The van der Waals surface area contributed by atoms with Crippen LogP contribution in [0.4, 0.5) is 0 Å². The molecule has 0 bridgehead atoms. The Hall–Kier alpha value is -3.01. The summed E-state index contributed by atoms with van der Waals surface area (Å²) >= 11 is 1.64. The summed E-state index contributed by atoms with van der Waals surface area (Å²) < 4.78 is 1.95.